The molecule has 0 radical (unpaired) electrons. The average molecular weight is 168 g/mol. The van der Waals surface area contributed by atoms with Gasteiger partial charge in [-0.2, -0.15) is 0 Å². The van der Waals surface area contributed by atoms with E-state index in [2.05, 4.69) is 0 Å². The van der Waals surface area contributed by atoms with Crippen LogP contribution >= 0.6 is 0 Å². The Labute approximate surface area is 73.0 Å². The fourth-order valence-corrected chi connectivity index (χ4v) is 2.56. The van der Waals surface area contributed by atoms with Crippen LogP contribution in [0, 0.1) is 17.8 Å². The van der Waals surface area contributed by atoms with Crippen LogP contribution in [-0.2, 0) is 4.79 Å². The first-order valence-corrected chi connectivity index (χ1v) is 5.02. The smallest absolute Gasteiger partial charge is 0.307 e. The normalized spacial score (nSPS) is 27.3. The van der Waals surface area contributed by atoms with E-state index in [9.17, 15) is 4.79 Å². The van der Waals surface area contributed by atoms with E-state index in [1.807, 2.05) is 0 Å². The van der Waals surface area contributed by atoms with Gasteiger partial charge >= 0.3 is 5.97 Å². The predicted octanol–water partition coefficient (Wildman–Crippen LogP) is 2.29. The van der Waals surface area contributed by atoms with Gasteiger partial charge < -0.3 is 5.11 Å². The van der Waals surface area contributed by atoms with Gasteiger partial charge in [-0.25, -0.2) is 0 Å². The van der Waals surface area contributed by atoms with E-state index in [4.69, 9.17) is 5.11 Å². The SMILES string of the molecule is O=C(O)C(C1CCCC1)C1CC1. The topological polar surface area (TPSA) is 37.3 Å². The maximum atomic E-state index is 11.0. The lowest BCUT2D eigenvalue weighted by Crippen LogP contribution is -2.23. The molecule has 1 unspecified atom stereocenters. The molecule has 2 rings (SSSR count). The zero-order valence-electron chi connectivity index (χ0n) is 7.33. The molecular weight excluding hydrogens is 152 g/mol. The Bertz CT molecular complexity index is 178. The van der Waals surface area contributed by atoms with Gasteiger partial charge in [0.1, 0.15) is 0 Å². The van der Waals surface area contributed by atoms with Crippen molar-refractivity contribution in [2.75, 3.05) is 0 Å². The summed E-state index contributed by atoms with van der Waals surface area (Å²) in [6, 6.07) is 0. The minimum atomic E-state index is -0.538. The first-order chi connectivity index (χ1) is 5.79. The second kappa shape index (κ2) is 3.08. The predicted molar refractivity (Wildman–Crippen MR) is 45.8 cm³/mol. The van der Waals surface area contributed by atoms with Crippen LogP contribution in [0.1, 0.15) is 38.5 Å². The van der Waals surface area contributed by atoms with Gasteiger partial charge in [0.2, 0.25) is 0 Å². The summed E-state index contributed by atoms with van der Waals surface area (Å²) >= 11 is 0. The summed E-state index contributed by atoms with van der Waals surface area (Å²) in [5.74, 6) is 0.512. The van der Waals surface area contributed by atoms with Crippen molar-refractivity contribution in [1.82, 2.24) is 0 Å². The molecule has 1 atom stereocenters. The van der Waals surface area contributed by atoms with Crippen molar-refractivity contribution in [3.63, 3.8) is 0 Å². The zero-order valence-corrected chi connectivity index (χ0v) is 7.33. The van der Waals surface area contributed by atoms with Crippen LogP contribution in [0.5, 0.6) is 0 Å². The third-order valence-electron chi connectivity index (χ3n) is 3.32. The molecule has 0 aromatic rings. The van der Waals surface area contributed by atoms with Gasteiger partial charge in [0.15, 0.2) is 0 Å². The summed E-state index contributed by atoms with van der Waals surface area (Å²) in [4.78, 5) is 11.0. The van der Waals surface area contributed by atoms with Crippen molar-refractivity contribution < 1.29 is 9.90 Å². The molecule has 2 aliphatic carbocycles. The molecule has 0 aromatic carbocycles. The second-order valence-electron chi connectivity index (χ2n) is 4.25. The lowest BCUT2D eigenvalue weighted by molar-refractivity contribution is -0.144. The van der Waals surface area contributed by atoms with Gasteiger partial charge in [0.25, 0.3) is 0 Å². The number of carboxylic acid groups (broad SMARTS) is 1. The summed E-state index contributed by atoms with van der Waals surface area (Å²) in [5, 5.41) is 9.04. The highest BCUT2D eigenvalue weighted by Gasteiger charge is 2.41. The maximum absolute atomic E-state index is 11.0. The summed E-state index contributed by atoms with van der Waals surface area (Å²) in [5.41, 5.74) is 0. The number of hydrogen-bond acceptors (Lipinski definition) is 1. The first kappa shape index (κ1) is 8.09. The Kier molecular flexibility index (Phi) is 2.07. The van der Waals surface area contributed by atoms with Crippen LogP contribution in [0.2, 0.25) is 0 Å². The molecule has 0 aliphatic heterocycles. The Hall–Kier alpha value is -0.530. The summed E-state index contributed by atoms with van der Waals surface area (Å²) < 4.78 is 0. The summed E-state index contributed by atoms with van der Waals surface area (Å²) in [7, 11) is 0. The number of carboxylic acids is 1. The van der Waals surface area contributed by atoms with Gasteiger partial charge in [0, 0.05) is 0 Å². The van der Waals surface area contributed by atoms with E-state index in [0.29, 0.717) is 11.8 Å². The van der Waals surface area contributed by atoms with E-state index in [1.54, 1.807) is 0 Å². The fourth-order valence-electron chi connectivity index (χ4n) is 2.56. The zero-order chi connectivity index (χ0) is 8.55. The number of aliphatic carboxylic acids is 1. The van der Waals surface area contributed by atoms with Gasteiger partial charge in [-0.1, -0.05) is 12.8 Å². The van der Waals surface area contributed by atoms with E-state index >= 15 is 0 Å². The Balaban J connectivity index is 1.99. The van der Waals surface area contributed by atoms with Crippen LogP contribution < -0.4 is 0 Å². The quantitative estimate of drug-likeness (QED) is 0.702. The molecule has 68 valence electrons. The first-order valence-electron chi connectivity index (χ1n) is 5.02. The molecule has 2 aliphatic rings. The largest absolute Gasteiger partial charge is 0.481 e. The third-order valence-corrected chi connectivity index (χ3v) is 3.32. The average Bonchev–Trinajstić information content (AvgIpc) is 2.65. The number of hydrogen-bond donors (Lipinski definition) is 1. The molecule has 0 spiro atoms. The highest BCUT2D eigenvalue weighted by molar-refractivity contribution is 5.71. The van der Waals surface area contributed by atoms with Crippen LogP contribution in [0.15, 0.2) is 0 Å². The molecule has 0 saturated heterocycles. The van der Waals surface area contributed by atoms with Crippen molar-refractivity contribution >= 4 is 5.97 Å². The standard InChI is InChI=1S/C10H16O2/c11-10(12)9(8-5-6-8)7-3-1-2-4-7/h7-9H,1-6H2,(H,11,12). The van der Waals surface area contributed by atoms with Crippen molar-refractivity contribution in [3.8, 4) is 0 Å². The third kappa shape index (κ3) is 1.47. The van der Waals surface area contributed by atoms with Gasteiger partial charge in [-0.15, -0.1) is 0 Å². The molecule has 0 aromatic heterocycles. The molecule has 2 nitrogen and oxygen atoms in total. The molecule has 0 bridgehead atoms. The van der Waals surface area contributed by atoms with Crippen molar-refractivity contribution in [3.05, 3.63) is 0 Å². The monoisotopic (exact) mass is 168 g/mol. The van der Waals surface area contributed by atoms with E-state index < -0.39 is 5.97 Å². The highest BCUT2D eigenvalue weighted by Crippen LogP contribution is 2.45. The van der Waals surface area contributed by atoms with Gasteiger partial charge in [-0.05, 0) is 37.5 Å². The maximum Gasteiger partial charge on any atom is 0.307 e. The molecule has 0 heterocycles. The van der Waals surface area contributed by atoms with Crippen LogP contribution in [0.25, 0.3) is 0 Å². The van der Waals surface area contributed by atoms with E-state index in [-0.39, 0.29) is 5.92 Å². The number of rotatable bonds is 3. The lowest BCUT2D eigenvalue weighted by Gasteiger charge is -2.17. The lowest BCUT2D eigenvalue weighted by atomic mass is 9.87. The van der Waals surface area contributed by atoms with Gasteiger partial charge in [0.05, 0.1) is 5.92 Å². The van der Waals surface area contributed by atoms with Gasteiger partial charge in [-0.3, -0.25) is 4.79 Å². The summed E-state index contributed by atoms with van der Waals surface area (Å²) in [6.07, 6.45) is 7.14. The van der Waals surface area contributed by atoms with Crippen molar-refractivity contribution in [1.29, 1.82) is 0 Å². The number of carbonyl (C=O) groups is 1. The molecule has 2 saturated carbocycles. The Morgan fingerprint density at radius 1 is 1.08 bits per heavy atom. The Morgan fingerprint density at radius 2 is 1.58 bits per heavy atom. The minimum Gasteiger partial charge on any atom is -0.481 e. The van der Waals surface area contributed by atoms with Crippen LogP contribution in [0.4, 0.5) is 0 Å². The van der Waals surface area contributed by atoms with Crippen molar-refractivity contribution in [2.45, 2.75) is 38.5 Å². The molecule has 1 N–H and O–H groups in total. The second-order valence-corrected chi connectivity index (χ2v) is 4.25. The molecule has 2 heteroatoms. The fraction of sp³-hybridized carbons (Fsp3) is 0.900. The Morgan fingerprint density at radius 3 is 2.00 bits per heavy atom. The molecule has 2 fully saturated rings. The van der Waals surface area contributed by atoms with E-state index in [0.717, 1.165) is 25.7 Å². The highest BCUT2D eigenvalue weighted by atomic mass is 16.4. The minimum absolute atomic E-state index is 0.00694. The molecule has 0 amide bonds. The molecular formula is C10H16O2. The van der Waals surface area contributed by atoms with Crippen molar-refractivity contribution in [2.24, 2.45) is 17.8 Å². The molecule has 12 heavy (non-hydrogen) atoms. The van der Waals surface area contributed by atoms with E-state index in [1.165, 1.54) is 12.8 Å². The summed E-state index contributed by atoms with van der Waals surface area (Å²) in [6.45, 7) is 0. The van der Waals surface area contributed by atoms with Crippen LogP contribution in [0.3, 0.4) is 0 Å². The van der Waals surface area contributed by atoms with Crippen LogP contribution in [-0.4, -0.2) is 11.1 Å².